The second kappa shape index (κ2) is 6.54. The van der Waals surface area contributed by atoms with Gasteiger partial charge in [-0.15, -0.1) is 0 Å². The number of aryl methyl sites for hydroxylation is 1. The van der Waals surface area contributed by atoms with Gasteiger partial charge in [-0.3, -0.25) is 0 Å². The molecule has 2 aromatic rings. The summed E-state index contributed by atoms with van der Waals surface area (Å²) in [6, 6.07) is 6.73. The number of aromatic nitrogens is 2. The summed E-state index contributed by atoms with van der Waals surface area (Å²) in [4.78, 5) is 6.56. The molecule has 1 aliphatic rings. The Balaban J connectivity index is 2.01. The van der Waals surface area contributed by atoms with Crippen LogP contribution in [0.25, 0.3) is 0 Å². The molecule has 1 fully saturated rings. The van der Waals surface area contributed by atoms with E-state index in [4.69, 9.17) is 0 Å². The van der Waals surface area contributed by atoms with Gasteiger partial charge in [0.1, 0.15) is 5.82 Å². The summed E-state index contributed by atoms with van der Waals surface area (Å²) in [5.41, 5.74) is 0.861. The molecule has 1 aromatic carbocycles. The number of hydrogen-bond donors (Lipinski definition) is 1. The van der Waals surface area contributed by atoms with Gasteiger partial charge < -0.3 is 14.8 Å². The van der Waals surface area contributed by atoms with Gasteiger partial charge >= 0.3 is 0 Å². The first-order valence-corrected chi connectivity index (χ1v) is 9.32. The Morgan fingerprint density at radius 3 is 2.79 bits per heavy atom. The first-order valence-electron chi connectivity index (χ1n) is 7.88. The number of nitrogens with one attached hydrogen (secondary N) is 1. The summed E-state index contributed by atoms with van der Waals surface area (Å²) >= 11 is 0. The highest BCUT2D eigenvalue weighted by Crippen LogP contribution is 2.29. The molecular formula is C16H23N5O2S. The lowest BCUT2D eigenvalue weighted by molar-refractivity contribution is 0.258. The van der Waals surface area contributed by atoms with Gasteiger partial charge in [-0.05, 0) is 18.2 Å². The zero-order valence-electron chi connectivity index (χ0n) is 14.2. The standard InChI is InChI=1S/C16H23N5O2S/c1-19(2)13-5-4-6-14(11-13)24(22,23)21-10-7-17-12-15(21)16-18-8-9-20(16)3/h4-6,8-9,11,15,17H,7,10,12H2,1-3H3. The molecule has 130 valence electrons. The molecule has 0 bridgehead atoms. The fourth-order valence-corrected chi connectivity index (χ4v) is 4.58. The fraction of sp³-hybridized carbons (Fsp3) is 0.438. The van der Waals surface area contributed by atoms with Crippen LogP contribution in [-0.4, -0.2) is 56.0 Å². The molecule has 7 nitrogen and oxygen atoms in total. The zero-order chi connectivity index (χ0) is 17.3. The average molecular weight is 349 g/mol. The number of piperazine rings is 1. The van der Waals surface area contributed by atoms with Crippen LogP contribution in [-0.2, 0) is 17.1 Å². The molecule has 3 rings (SSSR count). The Hall–Kier alpha value is -1.90. The van der Waals surface area contributed by atoms with Crippen molar-refractivity contribution in [2.75, 3.05) is 38.6 Å². The van der Waals surface area contributed by atoms with Crippen LogP contribution in [0.15, 0.2) is 41.6 Å². The first kappa shape index (κ1) is 16.9. The van der Waals surface area contributed by atoms with Crippen molar-refractivity contribution in [3.63, 3.8) is 0 Å². The van der Waals surface area contributed by atoms with Gasteiger partial charge in [-0.25, -0.2) is 13.4 Å². The van der Waals surface area contributed by atoms with E-state index in [0.717, 1.165) is 11.5 Å². The van der Waals surface area contributed by atoms with E-state index in [-0.39, 0.29) is 6.04 Å². The Kier molecular flexibility index (Phi) is 4.62. The predicted octanol–water partition coefficient (Wildman–Crippen LogP) is 0.821. The second-order valence-electron chi connectivity index (χ2n) is 6.12. The summed E-state index contributed by atoms with van der Waals surface area (Å²) in [6.07, 6.45) is 3.53. The van der Waals surface area contributed by atoms with Gasteiger partial charge in [-0.1, -0.05) is 6.07 Å². The summed E-state index contributed by atoms with van der Waals surface area (Å²) in [5, 5.41) is 3.27. The highest BCUT2D eigenvalue weighted by atomic mass is 32.2. The van der Waals surface area contributed by atoms with Crippen molar-refractivity contribution in [2.45, 2.75) is 10.9 Å². The zero-order valence-corrected chi connectivity index (χ0v) is 15.0. The molecule has 0 saturated carbocycles. The van der Waals surface area contributed by atoms with Crippen LogP contribution in [0.1, 0.15) is 11.9 Å². The minimum Gasteiger partial charge on any atom is -0.378 e. The van der Waals surface area contributed by atoms with E-state index in [1.807, 2.05) is 42.9 Å². The third-order valence-electron chi connectivity index (χ3n) is 4.29. The van der Waals surface area contributed by atoms with Gasteiger partial charge in [0.25, 0.3) is 0 Å². The van der Waals surface area contributed by atoms with Crippen LogP contribution in [0.4, 0.5) is 5.69 Å². The molecule has 0 aliphatic carbocycles. The van der Waals surface area contributed by atoms with Crippen molar-refractivity contribution in [3.05, 3.63) is 42.5 Å². The van der Waals surface area contributed by atoms with Crippen molar-refractivity contribution in [3.8, 4) is 0 Å². The molecule has 24 heavy (non-hydrogen) atoms. The number of imidazole rings is 1. The monoisotopic (exact) mass is 349 g/mol. The summed E-state index contributed by atoms with van der Waals surface area (Å²) in [5.74, 6) is 0.745. The largest absolute Gasteiger partial charge is 0.378 e. The quantitative estimate of drug-likeness (QED) is 0.885. The van der Waals surface area contributed by atoms with Crippen LogP contribution >= 0.6 is 0 Å². The highest BCUT2D eigenvalue weighted by Gasteiger charge is 2.36. The predicted molar refractivity (Wildman–Crippen MR) is 93.5 cm³/mol. The van der Waals surface area contributed by atoms with E-state index in [1.54, 1.807) is 28.7 Å². The SMILES string of the molecule is CN(C)c1cccc(S(=O)(=O)N2CCNCC2c2nccn2C)c1. The number of rotatable bonds is 4. The maximum Gasteiger partial charge on any atom is 0.243 e. The third kappa shape index (κ3) is 3.04. The smallest absolute Gasteiger partial charge is 0.243 e. The van der Waals surface area contributed by atoms with Crippen molar-refractivity contribution >= 4 is 15.7 Å². The lowest BCUT2D eigenvalue weighted by Crippen LogP contribution is -2.49. The van der Waals surface area contributed by atoms with Crippen molar-refractivity contribution in [2.24, 2.45) is 7.05 Å². The van der Waals surface area contributed by atoms with Crippen LogP contribution in [0.2, 0.25) is 0 Å². The molecular weight excluding hydrogens is 326 g/mol. The molecule has 1 N–H and O–H groups in total. The van der Waals surface area contributed by atoms with Crippen LogP contribution in [0, 0.1) is 0 Å². The summed E-state index contributed by atoms with van der Waals surface area (Å²) in [6.45, 7) is 1.61. The van der Waals surface area contributed by atoms with E-state index in [1.165, 1.54) is 0 Å². The van der Waals surface area contributed by atoms with E-state index in [2.05, 4.69) is 10.3 Å². The number of hydrogen-bond acceptors (Lipinski definition) is 5. The number of nitrogens with zero attached hydrogens (tertiary/aromatic N) is 4. The molecule has 0 amide bonds. The van der Waals surface area contributed by atoms with Crippen molar-refractivity contribution < 1.29 is 8.42 Å². The summed E-state index contributed by atoms with van der Waals surface area (Å²) < 4.78 is 29.9. The Morgan fingerprint density at radius 2 is 2.12 bits per heavy atom. The van der Waals surface area contributed by atoms with Gasteiger partial charge in [0.15, 0.2) is 0 Å². The fourth-order valence-electron chi connectivity index (χ4n) is 2.95. The van der Waals surface area contributed by atoms with Crippen molar-refractivity contribution in [1.82, 2.24) is 19.2 Å². The van der Waals surface area contributed by atoms with Crippen molar-refractivity contribution in [1.29, 1.82) is 0 Å². The maximum absolute atomic E-state index is 13.2. The number of sulfonamides is 1. The molecule has 1 atom stereocenters. The molecule has 1 saturated heterocycles. The molecule has 1 aliphatic heterocycles. The Bertz CT molecular complexity index is 815. The van der Waals surface area contributed by atoms with Crippen LogP contribution in [0.5, 0.6) is 0 Å². The average Bonchev–Trinajstić information content (AvgIpc) is 3.01. The minimum absolute atomic E-state index is 0.313. The Morgan fingerprint density at radius 1 is 1.33 bits per heavy atom. The maximum atomic E-state index is 13.2. The van der Waals surface area contributed by atoms with E-state index in [9.17, 15) is 8.42 Å². The van der Waals surface area contributed by atoms with Gasteiger partial charge in [0.2, 0.25) is 10.0 Å². The van der Waals surface area contributed by atoms with Crippen LogP contribution in [0.3, 0.4) is 0 Å². The second-order valence-corrected chi connectivity index (χ2v) is 8.01. The summed E-state index contributed by atoms with van der Waals surface area (Å²) in [7, 11) is 2.08. The number of anilines is 1. The third-order valence-corrected chi connectivity index (χ3v) is 6.20. The van der Waals surface area contributed by atoms with Gasteiger partial charge in [0, 0.05) is 58.9 Å². The van der Waals surface area contributed by atoms with Gasteiger partial charge in [0.05, 0.1) is 10.9 Å². The highest BCUT2D eigenvalue weighted by molar-refractivity contribution is 7.89. The Labute approximate surface area is 143 Å². The molecule has 1 aromatic heterocycles. The number of benzene rings is 1. The van der Waals surface area contributed by atoms with Gasteiger partial charge in [-0.2, -0.15) is 4.31 Å². The van der Waals surface area contributed by atoms with E-state index < -0.39 is 10.0 Å². The van der Waals surface area contributed by atoms with E-state index >= 15 is 0 Å². The first-order chi connectivity index (χ1) is 11.4. The molecule has 1 unspecified atom stereocenters. The minimum atomic E-state index is -3.60. The topological polar surface area (TPSA) is 70.5 Å². The normalized spacial score (nSPS) is 19.4. The molecule has 8 heteroatoms. The molecule has 0 spiro atoms. The lowest BCUT2D eigenvalue weighted by Gasteiger charge is -2.34. The molecule has 2 heterocycles. The van der Waals surface area contributed by atoms with Crippen LogP contribution < -0.4 is 10.2 Å². The lowest BCUT2D eigenvalue weighted by atomic mass is 10.2. The van der Waals surface area contributed by atoms with E-state index in [0.29, 0.717) is 24.5 Å². The molecule has 0 radical (unpaired) electrons.